The number of hydrogen-bond acceptors (Lipinski definition) is 6. The van der Waals surface area contributed by atoms with Gasteiger partial charge in [-0.3, -0.25) is 14.4 Å². The smallest absolute Gasteiger partial charge is 0.319 e. The van der Waals surface area contributed by atoms with Crippen molar-refractivity contribution in [2.45, 2.75) is 64.5 Å². The molecule has 2 fully saturated rings. The van der Waals surface area contributed by atoms with E-state index >= 15 is 0 Å². The number of nitrogens with two attached hydrogens (primary N) is 1. The maximum Gasteiger partial charge on any atom is 0.319 e. The van der Waals surface area contributed by atoms with Gasteiger partial charge in [0.2, 0.25) is 12.8 Å². The van der Waals surface area contributed by atoms with E-state index in [0.717, 1.165) is 5.56 Å². The summed E-state index contributed by atoms with van der Waals surface area (Å²) in [6.07, 6.45) is 2.62. The molecule has 2 aromatic carbocycles. The Balaban J connectivity index is 0.000000275. The second-order valence-electron chi connectivity index (χ2n) is 11.3. The van der Waals surface area contributed by atoms with Crippen LogP contribution in [0, 0.1) is 11.2 Å². The summed E-state index contributed by atoms with van der Waals surface area (Å²) in [5, 5.41) is 9.23. The van der Waals surface area contributed by atoms with Crippen LogP contribution in [0.3, 0.4) is 0 Å². The van der Waals surface area contributed by atoms with E-state index in [9.17, 15) is 18.8 Å². The fourth-order valence-corrected chi connectivity index (χ4v) is 4.66. The van der Waals surface area contributed by atoms with E-state index in [2.05, 4.69) is 43.6 Å². The minimum Gasteiger partial charge on any atom is -0.461 e. The lowest BCUT2D eigenvalue weighted by molar-refractivity contribution is -0.152. The molecule has 1 saturated heterocycles. The highest BCUT2D eigenvalue weighted by atomic mass is 35.5. The standard InChI is InChI=1S/C17H15Cl2FN2O.C7H12N2O3.C5H12/c18-10-4-5-11(16(6-10)22-9-23)13-7-21-8-14(13)12-2-1-3-15(19)17(12)20;8-3-7(11)12-6-1-5(2-6)9-4-10;1-5(2,3)4/h1-6,9,13-14,21H,7-8H2,(H,22,23);4-6H,1-3,8H2,(H,9,10);1-4H3/t13-,14+;;/m0../s1. The number of rotatable bonds is 8. The number of hydrogen-bond donors (Lipinski definition) is 4. The monoisotopic (exact) mass is 596 g/mol. The van der Waals surface area contributed by atoms with Crippen LogP contribution in [0.25, 0.3) is 0 Å². The van der Waals surface area contributed by atoms with Crippen molar-refractivity contribution in [1.82, 2.24) is 10.6 Å². The highest BCUT2D eigenvalue weighted by Crippen LogP contribution is 2.41. The van der Waals surface area contributed by atoms with Gasteiger partial charge in [-0.1, -0.05) is 69.1 Å². The number of ether oxygens (including phenoxy) is 1. The summed E-state index contributed by atoms with van der Waals surface area (Å²) in [4.78, 5) is 31.5. The maximum atomic E-state index is 14.4. The molecular formula is C29H39Cl2FN4O4. The molecule has 1 heterocycles. The second-order valence-corrected chi connectivity index (χ2v) is 12.1. The van der Waals surface area contributed by atoms with Crippen LogP contribution < -0.4 is 21.7 Å². The summed E-state index contributed by atoms with van der Waals surface area (Å²) in [6.45, 7) is 10.00. The Kier molecular flexibility index (Phi) is 13.3. The molecule has 11 heteroatoms. The van der Waals surface area contributed by atoms with Crippen molar-refractivity contribution >= 4 is 47.7 Å². The van der Waals surface area contributed by atoms with E-state index in [4.69, 9.17) is 33.7 Å². The average Bonchev–Trinajstić information content (AvgIpc) is 3.33. The van der Waals surface area contributed by atoms with Gasteiger partial charge in [-0.15, -0.1) is 0 Å². The average molecular weight is 598 g/mol. The molecule has 1 aliphatic carbocycles. The van der Waals surface area contributed by atoms with Gasteiger partial charge in [-0.25, -0.2) is 4.39 Å². The number of esters is 1. The van der Waals surface area contributed by atoms with Crippen LogP contribution in [-0.4, -0.2) is 50.6 Å². The predicted molar refractivity (Wildman–Crippen MR) is 157 cm³/mol. The van der Waals surface area contributed by atoms with Crippen molar-refractivity contribution in [1.29, 1.82) is 0 Å². The molecular weight excluding hydrogens is 558 g/mol. The van der Waals surface area contributed by atoms with E-state index in [0.29, 0.717) is 60.4 Å². The van der Waals surface area contributed by atoms with Gasteiger partial charge in [0.15, 0.2) is 0 Å². The Morgan fingerprint density at radius 3 is 2.27 bits per heavy atom. The first-order chi connectivity index (χ1) is 18.9. The Morgan fingerprint density at radius 2 is 1.70 bits per heavy atom. The van der Waals surface area contributed by atoms with Crippen molar-refractivity contribution in [2.75, 3.05) is 25.0 Å². The van der Waals surface area contributed by atoms with E-state index < -0.39 is 0 Å². The lowest BCUT2D eigenvalue weighted by Crippen LogP contribution is -2.46. The highest BCUT2D eigenvalue weighted by Gasteiger charge is 2.33. The number of carbonyl (C=O) groups is 3. The molecule has 1 aliphatic heterocycles. The van der Waals surface area contributed by atoms with E-state index in [-0.39, 0.29) is 47.3 Å². The molecule has 8 nitrogen and oxygen atoms in total. The van der Waals surface area contributed by atoms with Gasteiger partial charge in [-0.05, 0) is 34.7 Å². The number of carbonyl (C=O) groups excluding carboxylic acids is 3. The normalized spacial score (nSPS) is 21.4. The summed E-state index contributed by atoms with van der Waals surface area (Å²) < 4.78 is 19.3. The van der Waals surface area contributed by atoms with Crippen molar-refractivity contribution < 1.29 is 23.5 Å². The minimum atomic E-state index is -0.385. The van der Waals surface area contributed by atoms with Crippen molar-refractivity contribution in [2.24, 2.45) is 11.1 Å². The highest BCUT2D eigenvalue weighted by molar-refractivity contribution is 6.31. The number of nitrogens with one attached hydrogen (secondary N) is 3. The fraction of sp³-hybridized carbons (Fsp3) is 0.483. The first-order valence-electron chi connectivity index (χ1n) is 13.1. The van der Waals surface area contributed by atoms with Crippen molar-refractivity contribution in [3.05, 3.63) is 63.4 Å². The molecule has 220 valence electrons. The number of anilines is 1. The van der Waals surface area contributed by atoms with E-state index in [1.54, 1.807) is 30.3 Å². The molecule has 0 bridgehead atoms. The molecule has 0 aromatic heterocycles. The number of halogens is 3. The van der Waals surface area contributed by atoms with Crippen molar-refractivity contribution in [3.63, 3.8) is 0 Å². The second kappa shape index (κ2) is 15.9. The molecule has 2 aromatic rings. The molecule has 1 saturated carbocycles. The lowest BCUT2D eigenvalue weighted by Gasteiger charge is -2.33. The molecule has 2 amide bonds. The van der Waals surface area contributed by atoms with Gasteiger partial charge in [0.05, 0.1) is 11.6 Å². The van der Waals surface area contributed by atoms with Crippen LogP contribution >= 0.6 is 23.2 Å². The third kappa shape index (κ3) is 10.7. The fourth-order valence-electron chi connectivity index (χ4n) is 4.31. The third-order valence-electron chi connectivity index (χ3n) is 6.09. The molecule has 40 heavy (non-hydrogen) atoms. The van der Waals surface area contributed by atoms with Gasteiger partial charge < -0.3 is 26.4 Å². The van der Waals surface area contributed by atoms with Crippen LogP contribution in [0.5, 0.6) is 0 Å². The summed E-state index contributed by atoms with van der Waals surface area (Å²) in [6, 6.07) is 10.6. The topological polar surface area (TPSA) is 123 Å². The summed E-state index contributed by atoms with van der Waals surface area (Å²) >= 11 is 11.9. The van der Waals surface area contributed by atoms with Gasteiger partial charge in [-0.2, -0.15) is 0 Å². The first kappa shape index (κ1) is 33.5. The van der Waals surface area contributed by atoms with Crippen LogP contribution in [0.15, 0.2) is 36.4 Å². The minimum absolute atomic E-state index is 0.0164. The van der Waals surface area contributed by atoms with Gasteiger partial charge in [0, 0.05) is 54.5 Å². The Morgan fingerprint density at radius 1 is 1.07 bits per heavy atom. The quantitative estimate of drug-likeness (QED) is 0.251. The van der Waals surface area contributed by atoms with Crippen LogP contribution in [0.4, 0.5) is 10.1 Å². The summed E-state index contributed by atoms with van der Waals surface area (Å²) in [5.41, 5.74) is 7.70. The third-order valence-corrected chi connectivity index (χ3v) is 6.61. The number of amides is 2. The van der Waals surface area contributed by atoms with Crippen LogP contribution in [-0.2, 0) is 19.1 Å². The number of benzene rings is 2. The lowest BCUT2D eigenvalue weighted by atomic mass is 9.83. The maximum absolute atomic E-state index is 14.4. The molecule has 5 N–H and O–H groups in total. The summed E-state index contributed by atoms with van der Waals surface area (Å²) in [7, 11) is 0. The molecule has 0 unspecified atom stereocenters. The largest absolute Gasteiger partial charge is 0.461 e. The Hall–Kier alpha value is -2.72. The van der Waals surface area contributed by atoms with Crippen LogP contribution in [0.2, 0.25) is 10.0 Å². The first-order valence-corrected chi connectivity index (χ1v) is 13.9. The van der Waals surface area contributed by atoms with Crippen LogP contribution in [0.1, 0.15) is 63.5 Å². The Labute approximate surface area is 245 Å². The molecule has 2 atom stereocenters. The Bertz CT molecular complexity index is 1130. The molecule has 2 aliphatic rings. The summed E-state index contributed by atoms with van der Waals surface area (Å²) in [5.74, 6) is -0.818. The zero-order valence-corrected chi connectivity index (χ0v) is 24.8. The molecule has 4 rings (SSSR count). The SMILES string of the molecule is CC(C)(C)C.NCC(=O)OC1CC(NC=O)C1.O=CNc1cc(Cl)ccc1[C@@H]1CNC[C@@H]1c1cccc(Cl)c1F. The van der Waals surface area contributed by atoms with Gasteiger partial charge in [0.25, 0.3) is 0 Å². The predicted octanol–water partition coefficient (Wildman–Crippen LogP) is 4.99. The van der Waals surface area contributed by atoms with E-state index in [1.165, 1.54) is 0 Å². The molecule has 0 radical (unpaired) electrons. The van der Waals surface area contributed by atoms with Gasteiger partial charge in [0.1, 0.15) is 11.9 Å². The van der Waals surface area contributed by atoms with Gasteiger partial charge >= 0.3 is 5.97 Å². The van der Waals surface area contributed by atoms with E-state index in [1.807, 2.05) is 6.07 Å². The van der Waals surface area contributed by atoms with Crippen molar-refractivity contribution in [3.8, 4) is 0 Å². The zero-order chi connectivity index (χ0) is 29.9. The molecule has 0 spiro atoms. The zero-order valence-electron chi connectivity index (χ0n) is 23.3.